The van der Waals surface area contributed by atoms with E-state index in [1.807, 2.05) is 0 Å². The second-order valence-corrected chi connectivity index (χ2v) is 4.98. The maximum atomic E-state index is 12.0. The van der Waals surface area contributed by atoms with E-state index in [4.69, 9.17) is 9.52 Å². The van der Waals surface area contributed by atoms with E-state index < -0.39 is 5.97 Å². The summed E-state index contributed by atoms with van der Waals surface area (Å²) in [5.41, 5.74) is 0. The Morgan fingerprint density at radius 3 is 2.47 bits per heavy atom. The van der Waals surface area contributed by atoms with Gasteiger partial charge in [0.15, 0.2) is 0 Å². The van der Waals surface area contributed by atoms with Gasteiger partial charge in [-0.3, -0.25) is 4.79 Å². The molecule has 5 heteroatoms. The molecule has 2 N–H and O–H groups in total. The molecular weight excluding hydrogens is 246 g/mol. The van der Waals surface area contributed by atoms with Crippen LogP contribution in [0.4, 0.5) is 0 Å². The molecule has 19 heavy (non-hydrogen) atoms. The van der Waals surface area contributed by atoms with Gasteiger partial charge in [0.1, 0.15) is 5.76 Å². The highest BCUT2D eigenvalue weighted by Crippen LogP contribution is 2.23. The second kappa shape index (κ2) is 6.41. The molecule has 104 valence electrons. The summed E-state index contributed by atoms with van der Waals surface area (Å²) < 4.78 is 5.09. The topological polar surface area (TPSA) is 79.5 Å². The van der Waals surface area contributed by atoms with Gasteiger partial charge in [-0.15, -0.1) is 0 Å². The van der Waals surface area contributed by atoms with E-state index in [2.05, 4.69) is 5.32 Å². The maximum Gasteiger partial charge on any atom is 0.371 e. The van der Waals surface area contributed by atoms with Crippen LogP contribution in [0.1, 0.15) is 54.8 Å². The van der Waals surface area contributed by atoms with Crippen molar-refractivity contribution in [1.82, 2.24) is 5.32 Å². The zero-order valence-electron chi connectivity index (χ0n) is 10.9. The Morgan fingerprint density at radius 2 is 1.89 bits per heavy atom. The Labute approximate surface area is 112 Å². The molecule has 0 unspecified atom stereocenters. The summed E-state index contributed by atoms with van der Waals surface area (Å²) in [4.78, 5) is 22.7. The molecule has 1 aliphatic carbocycles. The van der Waals surface area contributed by atoms with Crippen molar-refractivity contribution in [2.45, 2.75) is 45.1 Å². The van der Waals surface area contributed by atoms with Gasteiger partial charge in [-0.05, 0) is 25.0 Å². The molecule has 0 aliphatic heterocycles. The highest BCUT2D eigenvalue weighted by molar-refractivity contribution is 5.84. The molecule has 1 aromatic rings. The standard InChI is InChI=1S/C14H19NO4/c16-13(10-5-3-1-2-4-6-10)15-9-11-7-8-12(19-11)14(17)18/h7-8,10H,1-6,9H2,(H,15,16)(H,17,18). The molecule has 1 amide bonds. The SMILES string of the molecule is O=C(O)c1ccc(CNC(=O)C2CCCCCC2)o1. The molecule has 0 radical (unpaired) electrons. The number of hydrogen-bond acceptors (Lipinski definition) is 3. The largest absolute Gasteiger partial charge is 0.475 e. The smallest absolute Gasteiger partial charge is 0.371 e. The van der Waals surface area contributed by atoms with E-state index in [0.717, 1.165) is 25.7 Å². The quantitative estimate of drug-likeness (QED) is 0.820. The number of amides is 1. The van der Waals surface area contributed by atoms with Crippen LogP contribution in [0.15, 0.2) is 16.5 Å². The van der Waals surface area contributed by atoms with E-state index in [1.54, 1.807) is 6.07 Å². The van der Waals surface area contributed by atoms with Gasteiger partial charge >= 0.3 is 5.97 Å². The first-order chi connectivity index (χ1) is 9.16. The van der Waals surface area contributed by atoms with Gasteiger partial charge in [-0.2, -0.15) is 0 Å². The number of nitrogens with one attached hydrogen (secondary N) is 1. The van der Waals surface area contributed by atoms with E-state index >= 15 is 0 Å². The lowest BCUT2D eigenvalue weighted by atomic mass is 9.99. The van der Waals surface area contributed by atoms with Crippen LogP contribution in [-0.2, 0) is 11.3 Å². The van der Waals surface area contributed by atoms with E-state index in [1.165, 1.54) is 18.9 Å². The van der Waals surface area contributed by atoms with E-state index in [-0.39, 0.29) is 24.1 Å². The summed E-state index contributed by atoms with van der Waals surface area (Å²) >= 11 is 0. The summed E-state index contributed by atoms with van der Waals surface area (Å²) in [5.74, 6) is -0.578. The fourth-order valence-corrected chi connectivity index (χ4v) is 2.45. The number of carboxylic acids is 1. The van der Waals surface area contributed by atoms with E-state index in [0.29, 0.717) is 5.76 Å². The third kappa shape index (κ3) is 3.84. The first-order valence-electron chi connectivity index (χ1n) is 6.76. The lowest BCUT2D eigenvalue weighted by molar-refractivity contribution is -0.125. The number of carboxylic acid groups (broad SMARTS) is 1. The second-order valence-electron chi connectivity index (χ2n) is 4.98. The molecule has 0 saturated heterocycles. The minimum Gasteiger partial charge on any atom is -0.475 e. The van der Waals surface area contributed by atoms with Crippen molar-refractivity contribution in [3.63, 3.8) is 0 Å². The van der Waals surface area contributed by atoms with Gasteiger partial charge in [0.05, 0.1) is 6.54 Å². The van der Waals surface area contributed by atoms with Crippen LogP contribution in [0.3, 0.4) is 0 Å². The molecule has 0 bridgehead atoms. The average Bonchev–Trinajstić information content (AvgIpc) is 2.70. The van der Waals surface area contributed by atoms with Gasteiger partial charge < -0.3 is 14.8 Å². The number of hydrogen-bond donors (Lipinski definition) is 2. The monoisotopic (exact) mass is 265 g/mol. The van der Waals surface area contributed by atoms with Crippen molar-refractivity contribution in [1.29, 1.82) is 0 Å². The highest BCUT2D eigenvalue weighted by atomic mass is 16.4. The Bertz CT molecular complexity index is 444. The Balaban J connectivity index is 1.83. The molecule has 0 atom stereocenters. The first-order valence-corrected chi connectivity index (χ1v) is 6.76. The van der Waals surface area contributed by atoms with Gasteiger partial charge in [-0.25, -0.2) is 4.79 Å². The number of furan rings is 1. The fraction of sp³-hybridized carbons (Fsp3) is 0.571. The first kappa shape index (κ1) is 13.6. The summed E-state index contributed by atoms with van der Waals surface area (Å²) in [6, 6.07) is 2.98. The van der Waals surface area contributed by atoms with Crippen molar-refractivity contribution in [3.8, 4) is 0 Å². The number of carbonyl (C=O) groups is 2. The lowest BCUT2D eigenvalue weighted by Gasteiger charge is -2.13. The van der Waals surface area contributed by atoms with Crippen molar-refractivity contribution >= 4 is 11.9 Å². The van der Waals surface area contributed by atoms with Gasteiger partial charge in [0.2, 0.25) is 11.7 Å². The number of carbonyl (C=O) groups excluding carboxylic acids is 1. The van der Waals surface area contributed by atoms with Crippen molar-refractivity contribution in [2.24, 2.45) is 5.92 Å². The van der Waals surface area contributed by atoms with Crippen LogP contribution < -0.4 is 5.32 Å². The molecule has 1 fully saturated rings. The summed E-state index contributed by atoms with van der Waals surface area (Å²) in [6.07, 6.45) is 6.55. The fourth-order valence-electron chi connectivity index (χ4n) is 2.45. The molecule has 1 saturated carbocycles. The van der Waals surface area contributed by atoms with Crippen LogP contribution in [0.2, 0.25) is 0 Å². The summed E-state index contributed by atoms with van der Waals surface area (Å²) in [6.45, 7) is 0.253. The summed E-state index contributed by atoms with van der Waals surface area (Å²) in [7, 11) is 0. The molecule has 5 nitrogen and oxygen atoms in total. The van der Waals surface area contributed by atoms with E-state index in [9.17, 15) is 9.59 Å². The van der Waals surface area contributed by atoms with Crippen LogP contribution in [0, 0.1) is 5.92 Å². The normalized spacial score (nSPS) is 16.8. The van der Waals surface area contributed by atoms with Crippen molar-refractivity contribution in [2.75, 3.05) is 0 Å². The third-order valence-corrected chi connectivity index (χ3v) is 3.54. The van der Waals surface area contributed by atoms with Gasteiger partial charge in [-0.1, -0.05) is 25.7 Å². The van der Waals surface area contributed by atoms with Crippen LogP contribution in [-0.4, -0.2) is 17.0 Å². The minimum atomic E-state index is -1.10. The molecule has 1 aromatic heterocycles. The molecule has 0 spiro atoms. The van der Waals surface area contributed by atoms with Crippen LogP contribution in [0.25, 0.3) is 0 Å². The number of rotatable bonds is 4. The zero-order chi connectivity index (χ0) is 13.7. The highest BCUT2D eigenvalue weighted by Gasteiger charge is 2.20. The maximum absolute atomic E-state index is 12.0. The van der Waals surface area contributed by atoms with Gasteiger partial charge in [0.25, 0.3) is 0 Å². The lowest BCUT2D eigenvalue weighted by Crippen LogP contribution is -2.29. The van der Waals surface area contributed by atoms with Crippen molar-refractivity contribution < 1.29 is 19.1 Å². The van der Waals surface area contributed by atoms with Crippen LogP contribution >= 0.6 is 0 Å². The van der Waals surface area contributed by atoms with Crippen molar-refractivity contribution in [3.05, 3.63) is 23.7 Å². The predicted molar refractivity (Wildman–Crippen MR) is 68.7 cm³/mol. The Kier molecular flexibility index (Phi) is 4.60. The summed E-state index contributed by atoms with van der Waals surface area (Å²) in [5, 5.41) is 11.6. The molecule has 1 aliphatic rings. The molecular formula is C14H19NO4. The average molecular weight is 265 g/mol. The molecule has 2 rings (SSSR count). The number of aromatic carboxylic acids is 1. The molecule has 1 heterocycles. The third-order valence-electron chi connectivity index (χ3n) is 3.54. The predicted octanol–water partition coefficient (Wildman–Crippen LogP) is 2.56. The Morgan fingerprint density at radius 1 is 1.21 bits per heavy atom. The molecule has 0 aromatic carbocycles. The van der Waals surface area contributed by atoms with Crippen LogP contribution in [0.5, 0.6) is 0 Å². The minimum absolute atomic E-state index is 0.0511. The van der Waals surface area contributed by atoms with Gasteiger partial charge in [0, 0.05) is 5.92 Å². The Hall–Kier alpha value is -1.78. The zero-order valence-corrected chi connectivity index (χ0v) is 10.9.